The standard InChI is InChI=1S/C27H17NO8/c29-16-7-6-13(9-17(16)30)26-25(34)24(33)22-18(31)11-19-21(27(22)36-26)15(10-20(32)35-19)14-5-1-3-12-4-2-8-28-23(12)14/h1-9,11,15,29-31,34H,10H2/t15-/m0/s1. The number of para-hydroxylation sites is 1. The molecular weight excluding hydrogens is 466 g/mol. The van der Waals surface area contributed by atoms with Crippen LogP contribution in [0, 0.1) is 0 Å². The molecule has 5 aromatic rings. The van der Waals surface area contributed by atoms with Gasteiger partial charge in [-0.1, -0.05) is 24.3 Å². The molecule has 0 bridgehead atoms. The van der Waals surface area contributed by atoms with Crippen molar-refractivity contribution in [1.29, 1.82) is 0 Å². The summed E-state index contributed by atoms with van der Waals surface area (Å²) in [6.45, 7) is 0. The molecule has 178 valence electrons. The van der Waals surface area contributed by atoms with Crippen molar-refractivity contribution in [1.82, 2.24) is 4.98 Å². The molecule has 1 aliphatic heterocycles. The molecule has 0 aliphatic carbocycles. The van der Waals surface area contributed by atoms with Crippen molar-refractivity contribution in [2.45, 2.75) is 12.3 Å². The van der Waals surface area contributed by atoms with Gasteiger partial charge in [-0.2, -0.15) is 0 Å². The maximum absolute atomic E-state index is 13.2. The molecule has 2 aromatic heterocycles. The fraction of sp³-hybridized carbons (Fsp3) is 0.0741. The number of esters is 1. The lowest BCUT2D eigenvalue weighted by atomic mass is 9.84. The number of carbonyl (C=O) groups is 1. The quantitative estimate of drug-likeness (QED) is 0.164. The van der Waals surface area contributed by atoms with Crippen LogP contribution in [-0.2, 0) is 4.79 Å². The summed E-state index contributed by atoms with van der Waals surface area (Å²) in [5.74, 6) is -3.66. The number of carbonyl (C=O) groups excluding carboxylic acids is 1. The second-order valence-corrected chi connectivity index (χ2v) is 8.48. The van der Waals surface area contributed by atoms with Crippen LogP contribution in [0.3, 0.4) is 0 Å². The highest BCUT2D eigenvalue weighted by molar-refractivity contribution is 5.95. The molecule has 0 radical (unpaired) electrons. The Balaban J connectivity index is 1.71. The number of nitrogens with zero attached hydrogens (tertiary/aromatic N) is 1. The number of aromatic hydroxyl groups is 4. The van der Waals surface area contributed by atoms with E-state index in [0.717, 1.165) is 17.5 Å². The Kier molecular flexibility index (Phi) is 4.62. The molecule has 0 saturated carbocycles. The Morgan fingerprint density at radius 3 is 2.50 bits per heavy atom. The largest absolute Gasteiger partial charge is 0.507 e. The summed E-state index contributed by atoms with van der Waals surface area (Å²) in [7, 11) is 0. The summed E-state index contributed by atoms with van der Waals surface area (Å²) in [6, 6.07) is 14.0. The third-order valence-electron chi connectivity index (χ3n) is 6.34. The average molecular weight is 483 g/mol. The number of phenolic OH excluding ortho intramolecular Hbond substituents is 3. The molecule has 3 heterocycles. The lowest BCUT2D eigenvalue weighted by Crippen LogP contribution is -2.22. The van der Waals surface area contributed by atoms with Gasteiger partial charge in [-0.25, -0.2) is 0 Å². The van der Waals surface area contributed by atoms with E-state index in [1.54, 1.807) is 12.3 Å². The van der Waals surface area contributed by atoms with Crippen molar-refractivity contribution in [3.63, 3.8) is 0 Å². The first-order valence-electron chi connectivity index (χ1n) is 11.0. The molecule has 1 atom stereocenters. The summed E-state index contributed by atoms with van der Waals surface area (Å²) in [5.41, 5.74) is 0.790. The molecule has 3 aromatic carbocycles. The molecule has 0 spiro atoms. The SMILES string of the molecule is O=C1C[C@@H](c2cccc3cccnc23)c2c(cc(O)c3c(=O)c(O)c(-c4ccc(O)c(O)c4)oc23)O1. The number of hydrogen-bond donors (Lipinski definition) is 4. The Bertz CT molecular complexity index is 1780. The molecule has 0 amide bonds. The third-order valence-corrected chi connectivity index (χ3v) is 6.34. The number of phenols is 3. The highest BCUT2D eigenvalue weighted by Gasteiger charge is 2.35. The molecule has 4 N–H and O–H groups in total. The maximum Gasteiger partial charge on any atom is 0.312 e. The molecule has 9 nitrogen and oxygen atoms in total. The first-order valence-corrected chi connectivity index (χ1v) is 11.0. The summed E-state index contributed by atoms with van der Waals surface area (Å²) < 4.78 is 11.4. The first kappa shape index (κ1) is 21.5. The molecule has 0 fully saturated rings. The lowest BCUT2D eigenvalue weighted by molar-refractivity contribution is -0.135. The monoisotopic (exact) mass is 483 g/mol. The van der Waals surface area contributed by atoms with Crippen LogP contribution in [0.15, 0.2) is 70.0 Å². The Morgan fingerprint density at radius 2 is 1.69 bits per heavy atom. The van der Waals surface area contributed by atoms with Gasteiger partial charge in [0.25, 0.3) is 0 Å². The van der Waals surface area contributed by atoms with Gasteiger partial charge in [-0.05, 0) is 29.8 Å². The second-order valence-electron chi connectivity index (χ2n) is 8.48. The van der Waals surface area contributed by atoms with Crippen LogP contribution in [0.2, 0.25) is 0 Å². The molecule has 36 heavy (non-hydrogen) atoms. The molecule has 6 rings (SSSR count). The van der Waals surface area contributed by atoms with E-state index in [1.165, 1.54) is 12.1 Å². The number of ether oxygens (including phenoxy) is 1. The first-order chi connectivity index (χ1) is 17.3. The Hall–Kier alpha value is -5.05. The fourth-order valence-electron chi connectivity index (χ4n) is 4.72. The number of rotatable bonds is 2. The van der Waals surface area contributed by atoms with Crippen molar-refractivity contribution in [2.24, 2.45) is 0 Å². The van der Waals surface area contributed by atoms with Crippen molar-refractivity contribution >= 4 is 27.8 Å². The summed E-state index contributed by atoms with van der Waals surface area (Å²) in [6.07, 6.45) is 1.55. The Labute approximate surface area is 202 Å². The van der Waals surface area contributed by atoms with E-state index in [-0.39, 0.29) is 34.5 Å². The van der Waals surface area contributed by atoms with Crippen molar-refractivity contribution < 1.29 is 34.4 Å². The zero-order valence-corrected chi connectivity index (χ0v) is 18.4. The average Bonchev–Trinajstić information content (AvgIpc) is 2.86. The number of fused-ring (bicyclic) bond motifs is 4. The van der Waals surface area contributed by atoms with E-state index in [0.29, 0.717) is 16.6 Å². The third kappa shape index (κ3) is 3.13. The van der Waals surface area contributed by atoms with E-state index in [1.807, 2.05) is 24.3 Å². The van der Waals surface area contributed by atoms with Crippen LogP contribution in [0.1, 0.15) is 23.5 Å². The molecule has 0 saturated heterocycles. The predicted molar refractivity (Wildman–Crippen MR) is 128 cm³/mol. The normalized spacial score (nSPS) is 15.1. The van der Waals surface area contributed by atoms with Crippen LogP contribution >= 0.6 is 0 Å². The number of pyridine rings is 1. The summed E-state index contributed by atoms with van der Waals surface area (Å²) in [5, 5.41) is 41.4. The van der Waals surface area contributed by atoms with Gasteiger partial charge in [0.2, 0.25) is 11.2 Å². The van der Waals surface area contributed by atoms with E-state index < -0.39 is 40.3 Å². The van der Waals surface area contributed by atoms with Crippen LogP contribution in [0.4, 0.5) is 0 Å². The van der Waals surface area contributed by atoms with E-state index in [9.17, 15) is 30.0 Å². The molecule has 1 aliphatic rings. The van der Waals surface area contributed by atoms with E-state index in [4.69, 9.17) is 9.15 Å². The number of hydrogen-bond acceptors (Lipinski definition) is 9. The zero-order chi connectivity index (χ0) is 25.1. The van der Waals surface area contributed by atoms with Crippen LogP contribution < -0.4 is 10.2 Å². The summed E-state index contributed by atoms with van der Waals surface area (Å²) in [4.78, 5) is 30.2. The van der Waals surface area contributed by atoms with Gasteiger partial charge in [-0.15, -0.1) is 0 Å². The lowest BCUT2D eigenvalue weighted by Gasteiger charge is -2.26. The maximum atomic E-state index is 13.2. The van der Waals surface area contributed by atoms with Gasteiger partial charge in [0.1, 0.15) is 22.5 Å². The van der Waals surface area contributed by atoms with Crippen LogP contribution in [0.5, 0.6) is 28.7 Å². The molecule has 0 unspecified atom stereocenters. The minimum atomic E-state index is -0.911. The fourth-order valence-corrected chi connectivity index (χ4v) is 4.72. The number of aromatic nitrogens is 1. The smallest absolute Gasteiger partial charge is 0.312 e. The van der Waals surface area contributed by atoms with Gasteiger partial charge in [0.15, 0.2) is 17.3 Å². The zero-order valence-electron chi connectivity index (χ0n) is 18.4. The van der Waals surface area contributed by atoms with Gasteiger partial charge in [-0.3, -0.25) is 14.6 Å². The predicted octanol–water partition coefficient (Wildman–Crippen LogP) is 4.27. The minimum Gasteiger partial charge on any atom is -0.507 e. The van der Waals surface area contributed by atoms with Crippen LogP contribution in [0.25, 0.3) is 33.2 Å². The topological polar surface area (TPSA) is 150 Å². The highest BCUT2D eigenvalue weighted by atomic mass is 16.5. The molecule has 9 heteroatoms. The minimum absolute atomic E-state index is 0.0162. The van der Waals surface area contributed by atoms with Crippen molar-refractivity contribution in [2.75, 3.05) is 0 Å². The van der Waals surface area contributed by atoms with Gasteiger partial charge < -0.3 is 29.6 Å². The van der Waals surface area contributed by atoms with E-state index >= 15 is 0 Å². The summed E-state index contributed by atoms with van der Waals surface area (Å²) >= 11 is 0. The van der Waals surface area contributed by atoms with E-state index in [2.05, 4.69) is 4.98 Å². The van der Waals surface area contributed by atoms with Crippen LogP contribution in [-0.4, -0.2) is 31.4 Å². The van der Waals surface area contributed by atoms with Gasteiger partial charge in [0, 0.05) is 34.7 Å². The second kappa shape index (κ2) is 7.74. The highest BCUT2D eigenvalue weighted by Crippen LogP contribution is 2.48. The number of benzene rings is 3. The van der Waals surface area contributed by atoms with Gasteiger partial charge >= 0.3 is 5.97 Å². The van der Waals surface area contributed by atoms with Crippen molar-refractivity contribution in [3.05, 3.63) is 82.1 Å². The molecular formula is C27H17NO8. The Morgan fingerprint density at radius 1 is 0.889 bits per heavy atom. The van der Waals surface area contributed by atoms with Gasteiger partial charge in [0.05, 0.1) is 11.9 Å². The van der Waals surface area contributed by atoms with Crippen molar-refractivity contribution in [3.8, 4) is 40.1 Å².